The van der Waals surface area contributed by atoms with E-state index in [0.717, 1.165) is 6.42 Å². The first kappa shape index (κ1) is 13.6. The molecule has 1 unspecified atom stereocenters. The van der Waals surface area contributed by atoms with Crippen LogP contribution in [-0.2, 0) is 23.8 Å². The molecule has 0 aromatic rings. The Hall–Kier alpha value is -1.36. The van der Waals surface area contributed by atoms with Crippen molar-refractivity contribution in [1.82, 2.24) is 0 Å². The van der Waals surface area contributed by atoms with Crippen molar-refractivity contribution in [2.45, 2.75) is 26.1 Å². The summed E-state index contributed by atoms with van der Waals surface area (Å²) in [5.74, 6) is -1.31. The van der Waals surface area contributed by atoms with Crippen LogP contribution in [0.1, 0.15) is 19.8 Å². The lowest BCUT2D eigenvalue weighted by Gasteiger charge is -2.14. The molecule has 0 aliphatic heterocycles. The molecule has 0 N–H and O–H groups in total. The van der Waals surface area contributed by atoms with Gasteiger partial charge in [0.1, 0.15) is 0 Å². The fourth-order valence-corrected chi connectivity index (χ4v) is 0.815. The highest BCUT2D eigenvalue weighted by molar-refractivity contribution is 5.77. The van der Waals surface area contributed by atoms with Crippen LogP contribution >= 0.6 is 0 Å². The highest BCUT2D eigenvalue weighted by Crippen LogP contribution is 2.01. The van der Waals surface area contributed by atoms with E-state index in [2.05, 4.69) is 16.1 Å². The molecule has 1 atom stereocenters. The summed E-state index contributed by atoms with van der Waals surface area (Å²) in [6.07, 6.45) is 1.95. The fourth-order valence-electron chi connectivity index (χ4n) is 0.815. The zero-order valence-electron chi connectivity index (χ0n) is 9.02. The summed E-state index contributed by atoms with van der Waals surface area (Å²) in [7, 11) is 1.20. The molecule has 0 saturated heterocycles. The van der Waals surface area contributed by atoms with Gasteiger partial charge in [0.05, 0.1) is 13.7 Å². The minimum Gasteiger partial charge on any atom is -0.464 e. The van der Waals surface area contributed by atoms with E-state index in [1.807, 2.05) is 0 Å². The average molecular weight is 216 g/mol. The van der Waals surface area contributed by atoms with E-state index in [0.29, 0.717) is 13.0 Å². The molecule has 0 radical (unpaired) electrons. The van der Waals surface area contributed by atoms with Gasteiger partial charge in [-0.2, -0.15) is 0 Å². The molecule has 0 aromatic heterocycles. The summed E-state index contributed by atoms with van der Waals surface area (Å²) >= 11 is 0. The van der Waals surface area contributed by atoms with Crippen molar-refractivity contribution in [3.05, 3.63) is 12.7 Å². The molecule has 0 bridgehead atoms. The smallest absolute Gasteiger partial charge is 0.376 e. The van der Waals surface area contributed by atoms with E-state index in [-0.39, 0.29) is 0 Å². The van der Waals surface area contributed by atoms with Crippen LogP contribution in [0.4, 0.5) is 0 Å². The third kappa shape index (κ3) is 6.68. The van der Waals surface area contributed by atoms with E-state index in [9.17, 15) is 9.59 Å². The zero-order chi connectivity index (χ0) is 11.7. The van der Waals surface area contributed by atoms with Crippen molar-refractivity contribution in [1.29, 1.82) is 0 Å². The van der Waals surface area contributed by atoms with Gasteiger partial charge < -0.3 is 14.2 Å². The Morgan fingerprint density at radius 2 is 2.13 bits per heavy atom. The fraction of sp³-hybridized carbons (Fsp3) is 0.600. The zero-order valence-corrected chi connectivity index (χ0v) is 9.02. The molecule has 0 fully saturated rings. The molecule has 5 nitrogen and oxygen atoms in total. The second kappa shape index (κ2) is 7.99. The molecule has 0 spiro atoms. The van der Waals surface area contributed by atoms with Gasteiger partial charge >= 0.3 is 18.2 Å². The van der Waals surface area contributed by atoms with Gasteiger partial charge in [0, 0.05) is 6.92 Å². The lowest BCUT2D eigenvalue weighted by atomic mass is 10.3. The monoisotopic (exact) mass is 216 g/mol. The Morgan fingerprint density at radius 1 is 1.47 bits per heavy atom. The van der Waals surface area contributed by atoms with Crippen LogP contribution in [0, 0.1) is 0 Å². The van der Waals surface area contributed by atoms with E-state index in [4.69, 9.17) is 4.74 Å². The minimum absolute atomic E-state index is 0.305. The third-order valence-corrected chi connectivity index (χ3v) is 1.49. The van der Waals surface area contributed by atoms with Crippen molar-refractivity contribution in [2.24, 2.45) is 0 Å². The number of hydrogen-bond donors (Lipinski definition) is 0. The molecule has 0 aliphatic rings. The Kier molecular flexibility index (Phi) is 7.27. The molecule has 15 heavy (non-hydrogen) atoms. The summed E-state index contributed by atoms with van der Waals surface area (Å²) in [5, 5.41) is 0. The predicted octanol–water partition coefficient (Wildman–Crippen LogP) is 1.03. The maximum absolute atomic E-state index is 11.1. The number of unbranched alkanes of at least 4 members (excludes halogenated alkanes) is 1. The van der Waals surface area contributed by atoms with E-state index in [1.54, 1.807) is 6.08 Å². The SMILES string of the molecule is C=CCCCOC(OC(C)=O)C(=O)OC. The molecule has 5 heteroatoms. The van der Waals surface area contributed by atoms with E-state index >= 15 is 0 Å². The van der Waals surface area contributed by atoms with Crippen molar-refractivity contribution < 1.29 is 23.8 Å². The van der Waals surface area contributed by atoms with Crippen LogP contribution in [-0.4, -0.2) is 31.9 Å². The van der Waals surface area contributed by atoms with Gasteiger partial charge in [-0.25, -0.2) is 4.79 Å². The Bertz CT molecular complexity index is 224. The van der Waals surface area contributed by atoms with Crippen LogP contribution in [0.15, 0.2) is 12.7 Å². The number of allylic oxidation sites excluding steroid dienone is 1. The van der Waals surface area contributed by atoms with Gasteiger partial charge in [-0.3, -0.25) is 4.79 Å². The molecule has 0 amide bonds. The third-order valence-electron chi connectivity index (χ3n) is 1.49. The van der Waals surface area contributed by atoms with Crippen LogP contribution in [0.3, 0.4) is 0 Å². The maximum Gasteiger partial charge on any atom is 0.376 e. The maximum atomic E-state index is 11.1. The molecular weight excluding hydrogens is 200 g/mol. The van der Waals surface area contributed by atoms with Crippen molar-refractivity contribution in [2.75, 3.05) is 13.7 Å². The first-order valence-electron chi connectivity index (χ1n) is 4.59. The quantitative estimate of drug-likeness (QED) is 0.275. The summed E-state index contributed by atoms with van der Waals surface area (Å²) in [6.45, 7) is 5.05. The minimum atomic E-state index is -1.27. The molecule has 86 valence electrons. The lowest BCUT2D eigenvalue weighted by molar-refractivity contribution is -0.197. The molecule has 0 rings (SSSR count). The summed E-state index contributed by atoms with van der Waals surface area (Å²) < 4.78 is 14.1. The molecular formula is C10H16O5. The van der Waals surface area contributed by atoms with Crippen LogP contribution < -0.4 is 0 Å². The van der Waals surface area contributed by atoms with Crippen molar-refractivity contribution >= 4 is 11.9 Å². The first-order chi connectivity index (χ1) is 7.11. The Morgan fingerprint density at radius 3 is 2.60 bits per heavy atom. The lowest BCUT2D eigenvalue weighted by Crippen LogP contribution is -2.30. The summed E-state index contributed by atoms with van der Waals surface area (Å²) in [5.41, 5.74) is 0. The molecule has 0 aromatic carbocycles. The topological polar surface area (TPSA) is 61.8 Å². The van der Waals surface area contributed by atoms with Crippen molar-refractivity contribution in [3.63, 3.8) is 0 Å². The second-order valence-corrected chi connectivity index (χ2v) is 2.77. The average Bonchev–Trinajstić information content (AvgIpc) is 2.21. The first-order valence-corrected chi connectivity index (χ1v) is 4.59. The van der Waals surface area contributed by atoms with Gasteiger partial charge in [-0.05, 0) is 12.8 Å². The van der Waals surface area contributed by atoms with Gasteiger partial charge in [-0.15, -0.1) is 6.58 Å². The van der Waals surface area contributed by atoms with Gasteiger partial charge in [0.2, 0.25) is 0 Å². The molecule has 0 heterocycles. The number of ether oxygens (including phenoxy) is 3. The number of carbonyl (C=O) groups is 2. The number of carbonyl (C=O) groups excluding carboxylic acids is 2. The van der Waals surface area contributed by atoms with Gasteiger partial charge in [0.25, 0.3) is 0 Å². The highest BCUT2D eigenvalue weighted by atomic mass is 16.7. The highest BCUT2D eigenvalue weighted by Gasteiger charge is 2.22. The number of esters is 2. The summed E-state index contributed by atoms with van der Waals surface area (Å²) in [6, 6.07) is 0. The van der Waals surface area contributed by atoms with Gasteiger partial charge in [-0.1, -0.05) is 6.08 Å². The summed E-state index contributed by atoms with van der Waals surface area (Å²) in [4.78, 5) is 21.7. The number of hydrogen-bond acceptors (Lipinski definition) is 5. The molecule has 0 saturated carbocycles. The Labute approximate surface area is 89.0 Å². The normalized spacial score (nSPS) is 11.6. The van der Waals surface area contributed by atoms with Crippen LogP contribution in [0.5, 0.6) is 0 Å². The largest absolute Gasteiger partial charge is 0.464 e. The van der Waals surface area contributed by atoms with E-state index < -0.39 is 18.2 Å². The standard InChI is InChI=1S/C10H16O5/c1-4-5-6-7-14-10(9(12)13-3)15-8(2)11/h4,10H,1,5-7H2,2-3H3. The second-order valence-electron chi connectivity index (χ2n) is 2.77. The number of methoxy groups -OCH3 is 1. The predicted molar refractivity (Wildman–Crippen MR) is 53.0 cm³/mol. The van der Waals surface area contributed by atoms with Crippen LogP contribution in [0.25, 0.3) is 0 Å². The van der Waals surface area contributed by atoms with Crippen molar-refractivity contribution in [3.8, 4) is 0 Å². The Balaban J connectivity index is 3.95. The van der Waals surface area contributed by atoms with E-state index in [1.165, 1.54) is 14.0 Å². The number of rotatable bonds is 7. The van der Waals surface area contributed by atoms with Gasteiger partial charge in [0.15, 0.2) is 0 Å². The van der Waals surface area contributed by atoms with Crippen LogP contribution in [0.2, 0.25) is 0 Å². The molecule has 0 aliphatic carbocycles.